The van der Waals surface area contributed by atoms with E-state index in [1.807, 2.05) is 72.6 Å². The van der Waals surface area contributed by atoms with Gasteiger partial charge in [0.1, 0.15) is 5.69 Å². The van der Waals surface area contributed by atoms with Gasteiger partial charge in [0.15, 0.2) is 5.39 Å². The van der Waals surface area contributed by atoms with Gasteiger partial charge < -0.3 is 10.0 Å². The first-order chi connectivity index (χ1) is 13.9. The molecule has 1 N–H and O–H groups in total. The van der Waals surface area contributed by atoms with Crippen molar-refractivity contribution in [3.63, 3.8) is 0 Å². The molecule has 0 bridgehead atoms. The SMILES string of the molecule is CN(c1ccccc1)c1cc(O)[n+](-c2ccccc2)c2c1c(=O)n(C)c(=O)n2C. The zero-order chi connectivity index (χ0) is 20.7. The second kappa shape index (κ2) is 6.94. The van der Waals surface area contributed by atoms with Crippen molar-refractivity contribution in [1.82, 2.24) is 9.13 Å². The maximum Gasteiger partial charge on any atom is 0.417 e. The maximum absolute atomic E-state index is 13.2. The number of aromatic nitrogens is 3. The van der Waals surface area contributed by atoms with E-state index in [-0.39, 0.29) is 5.88 Å². The summed E-state index contributed by atoms with van der Waals surface area (Å²) in [5.74, 6) is -0.0789. The van der Waals surface area contributed by atoms with Crippen LogP contribution in [0.4, 0.5) is 11.4 Å². The van der Waals surface area contributed by atoms with E-state index in [0.29, 0.717) is 22.4 Å². The zero-order valence-corrected chi connectivity index (χ0v) is 16.4. The van der Waals surface area contributed by atoms with E-state index in [1.54, 1.807) is 13.1 Å². The Bertz CT molecular complexity index is 1330. The summed E-state index contributed by atoms with van der Waals surface area (Å²) in [6.45, 7) is 0. The van der Waals surface area contributed by atoms with Gasteiger partial charge >= 0.3 is 11.3 Å². The summed E-state index contributed by atoms with van der Waals surface area (Å²) < 4.78 is 3.98. The van der Waals surface area contributed by atoms with Gasteiger partial charge in [-0.1, -0.05) is 36.4 Å². The van der Waals surface area contributed by atoms with Crippen molar-refractivity contribution in [2.24, 2.45) is 14.1 Å². The topological polar surface area (TPSA) is 71.3 Å². The Morgan fingerprint density at radius 3 is 2.10 bits per heavy atom. The second-order valence-corrected chi connectivity index (χ2v) is 6.86. The average Bonchev–Trinajstić information content (AvgIpc) is 2.76. The molecule has 0 aliphatic rings. The van der Waals surface area contributed by atoms with Crippen LogP contribution in [0.3, 0.4) is 0 Å². The maximum atomic E-state index is 13.2. The number of nitrogens with zero attached hydrogens (tertiary/aromatic N) is 4. The van der Waals surface area contributed by atoms with Crippen molar-refractivity contribution in [3.8, 4) is 11.6 Å². The van der Waals surface area contributed by atoms with Crippen LogP contribution >= 0.6 is 0 Å². The fourth-order valence-corrected chi connectivity index (χ4v) is 3.57. The van der Waals surface area contributed by atoms with Gasteiger partial charge in [-0.2, -0.15) is 9.13 Å². The van der Waals surface area contributed by atoms with Gasteiger partial charge in [0.05, 0.1) is 12.7 Å². The van der Waals surface area contributed by atoms with Gasteiger partial charge in [-0.25, -0.2) is 9.36 Å². The Labute approximate surface area is 166 Å². The highest BCUT2D eigenvalue weighted by Gasteiger charge is 2.28. The Balaban J connectivity index is 2.19. The summed E-state index contributed by atoms with van der Waals surface area (Å²) >= 11 is 0. The lowest BCUT2D eigenvalue weighted by molar-refractivity contribution is -0.579. The number of rotatable bonds is 3. The molecule has 4 rings (SSSR count). The first-order valence-corrected chi connectivity index (χ1v) is 9.13. The third-order valence-electron chi connectivity index (χ3n) is 5.12. The number of para-hydroxylation sites is 2. The minimum absolute atomic E-state index is 0.0789. The minimum atomic E-state index is -0.467. The van der Waals surface area contributed by atoms with Gasteiger partial charge in [0, 0.05) is 25.8 Å². The smallest absolute Gasteiger partial charge is 0.417 e. The summed E-state index contributed by atoms with van der Waals surface area (Å²) in [4.78, 5) is 27.7. The van der Waals surface area contributed by atoms with Crippen LogP contribution in [-0.2, 0) is 14.1 Å². The van der Waals surface area contributed by atoms with E-state index in [2.05, 4.69) is 0 Å². The predicted octanol–water partition coefficient (Wildman–Crippen LogP) is 1.99. The number of fused-ring (bicyclic) bond motifs is 1. The number of hydrogen-bond donors (Lipinski definition) is 1. The van der Waals surface area contributed by atoms with E-state index in [9.17, 15) is 14.7 Å². The molecule has 0 amide bonds. The molecule has 2 aromatic heterocycles. The number of benzene rings is 2. The molecule has 0 atom stereocenters. The van der Waals surface area contributed by atoms with Crippen LogP contribution in [0, 0.1) is 0 Å². The van der Waals surface area contributed by atoms with E-state index in [4.69, 9.17) is 0 Å². The van der Waals surface area contributed by atoms with Gasteiger partial charge in [-0.15, -0.1) is 0 Å². The lowest BCUT2D eigenvalue weighted by Crippen LogP contribution is -2.44. The molecule has 146 valence electrons. The Morgan fingerprint density at radius 1 is 0.897 bits per heavy atom. The van der Waals surface area contributed by atoms with Crippen LogP contribution < -0.4 is 20.7 Å². The summed E-state index contributed by atoms with van der Waals surface area (Å²) in [5.41, 5.74) is 1.43. The molecule has 2 aromatic carbocycles. The number of hydrogen-bond acceptors (Lipinski definition) is 4. The van der Waals surface area contributed by atoms with Crippen molar-refractivity contribution >= 4 is 22.4 Å². The van der Waals surface area contributed by atoms with Gasteiger partial charge in [-0.05, 0) is 24.3 Å². The van der Waals surface area contributed by atoms with Crippen molar-refractivity contribution in [3.05, 3.63) is 87.6 Å². The quantitative estimate of drug-likeness (QED) is 0.544. The molecule has 29 heavy (non-hydrogen) atoms. The van der Waals surface area contributed by atoms with E-state index in [1.165, 1.54) is 16.2 Å². The summed E-state index contributed by atoms with van der Waals surface area (Å²) in [5, 5.41) is 11.3. The lowest BCUT2D eigenvalue weighted by Gasteiger charge is -2.21. The Morgan fingerprint density at radius 2 is 1.48 bits per heavy atom. The fraction of sp³-hybridized carbons (Fsp3) is 0.136. The molecule has 4 aromatic rings. The number of anilines is 2. The van der Waals surface area contributed by atoms with Crippen LogP contribution in [-0.4, -0.2) is 21.3 Å². The highest BCUT2D eigenvalue weighted by Crippen LogP contribution is 2.30. The largest absolute Gasteiger partial charge is 0.477 e. The molecule has 0 aliphatic carbocycles. The highest BCUT2D eigenvalue weighted by atomic mass is 16.3. The molecular formula is C22H21N4O3+. The van der Waals surface area contributed by atoms with E-state index in [0.717, 1.165) is 10.3 Å². The average molecular weight is 389 g/mol. The molecule has 0 saturated heterocycles. The molecule has 0 radical (unpaired) electrons. The molecule has 7 heteroatoms. The van der Waals surface area contributed by atoms with E-state index >= 15 is 0 Å². The van der Waals surface area contributed by atoms with Gasteiger partial charge in [0.25, 0.3) is 11.4 Å². The van der Waals surface area contributed by atoms with Crippen molar-refractivity contribution in [2.75, 3.05) is 11.9 Å². The van der Waals surface area contributed by atoms with Crippen molar-refractivity contribution < 1.29 is 9.67 Å². The molecule has 0 spiro atoms. The van der Waals surface area contributed by atoms with E-state index < -0.39 is 11.2 Å². The summed E-state index contributed by atoms with van der Waals surface area (Å²) in [6.07, 6.45) is 0. The molecule has 0 aliphatic heterocycles. The normalized spacial score (nSPS) is 11.0. The van der Waals surface area contributed by atoms with Crippen LogP contribution in [0.1, 0.15) is 0 Å². The van der Waals surface area contributed by atoms with Crippen LogP contribution in [0.15, 0.2) is 76.3 Å². The third kappa shape index (κ3) is 2.87. The lowest BCUT2D eigenvalue weighted by atomic mass is 10.2. The number of aromatic hydroxyl groups is 1. The summed E-state index contributed by atoms with van der Waals surface area (Å²) in [6, 6.07) is 20.2. The molecule has 0 unspecified atom stereocenters. The molecule has 0 saturated carbocycles. The summed E-state index contributed by atoms with van der Waals surface area (Å²) in [7, 11) is 4.87. The first kappa shape index (κ1) is 18.5. The van der Waals surface area contributed by atoms with Crippen molar-refractivity contribution in [1.29, 1.82) is 0 Å². The van der Waals surface area contributed by atoms with Crippen LogP contribution in [0.25, 0.3) is 16.7 Å². The Hall–Kier alpha value is -3.87. The van der Waals surface area contributed by atoms with Crippen LogP contribution in [0.2, 0.25) is 0 Å². The fourth-order valence-electron chi connectivity index (χ4n) is 3.57. The van der Waals surface area contributed by atoms with Gasteiger partial charge in [0.2, 0.25) is 0 Å². The Kier molecular flexibility index (Phi) is 4.43. The zero-order valence-electron chi connectivity index (χ0n) is 16.4. The monoisotopic (exact) mass is 389 g/mol. The molecule has 2 heterocycles. The molecular weight excluding hydrogens is 368 g/mol. The standard InChI is InChI=1S/C22H20N4O3/c1-23(15-10-6-4-7-11-15)17-14-18(27)26(16-12-8-5-9-13-16)20-19(17)21(28)25(3)22(29)24(20)2/h4-14H,1-3H3/p+1. The first-order valence-electron chi connectivity index (χ1n) is 9.13. The van der Waals surface area contributed by atoms with Gasteiger partial charge in [-0.3, -0.25) is 4.79 Å². The predicted molar refractivity (Wildman–Crippen MR) is 112 cm³/mol. The minimum Gasteiger partial charge on any atom is -0.477 e. The molecule has 7 nitrogen and oxygen atoms in total. The highest BCUT2D eigenvalue weighted by molar-refractivity contribution is 5.90. The van der Waals surface area contributed by atoms with Crippen molar-refractivity contribution in [2.45, 2.75) is 0 Å². The second-order valence-electron chi connectivity index (χ2n) is 6.86. The number of aryl methyl sites for hydroxylation is 1. The number of pyridine rings is 1. The third-order valence-corrected chi connectivity index (χ3v) is 5.12. The molecule has 0 fully saturated rings. The van der Waals surface area contributed by atoms with Crippen LogP contribution in [0.5, 0.6) is 5.88 Å².